The summed E-state index contributed by atoms with van der Waals surface area (Å²) in [6.45, 7) is 5.03. The van der Waals surface area contributed by atoms with Crippen LogP contribution in [0.4, 0.5) is 0 Å². The van der Waals surface area contributed by atoms with Crippen molar-refractivity contribution < 1.29 is 19.8 Å². The molecule has 0 fully saturated rings. The van der Waals surface area contributed by atoms with Crippen LogP contribution in [0.1, 0.15) is 20.8 Å². The number of carboxylic acids is 2. The van der Waals surface area contributed by atoms with Gasteiger partial charge in [-0.25, -0.2) is 9.59 Å². The molecule has 0 rings (SSSR count). The van der Waals surface area contributed by atoms with Crippen LogP contribution in [0.3, 0.4) is 0 Å². The van der Waals surface area contributed by atoms with Crippen molar-refractivity contribution >= 4 is 11.9 Å². The topological polar surface area (TPSA) is 77.8 Å². The molecule has 0 bridgehead atoms. The minimum Gasteiger partial charge on any atom is -0.478 e. The van der Waals surface area contributed by atoms with Crippen molar-refractivity contribution in [3.8, 4) is 0 Å². The second kappa shape index (κ2) is 5.65. The highest BCUT2D eigenvalue weighted by Crippen LogP contribution is 2.20. The molecule has 5 nitrogen and oxygen atoms in total. The Morgan fingerprint density at radius 3 is 1.50 bits per heavy atom. The van der Waals surface area contributed by atoms with Gasteiger partial charge in [0.15, 0.2) is 0 Å². The summed E-state index contributed by atoms with van der Waals surface area (Å²) in [5.74, 6) is -2.67. The number of nitrogens with zero attached hydrogens (tertiary/aromatic N) is 1. The van der Waals surface area contributed by atoms with Gasteiger partial charge >= 0.3 is 11.9 Å². The highest BCUT2D eigenvalue weighted by molar-refractivity contribution is 5.99. The van der Waals surface area contributed by atoms with E-state index in [1.165, 1.54) is 0 Å². The van der Waals surface area contributed by atoms with E-state index in [0.717, 1.165) is 0 Å². The summed E-state index contributed by atoms with van der Waals surface area (Å²) in [4.78, 5) is 23.9. The maximum Gasteiger partial charge on any atom is 0.333 e. The molecule has 0 saturated carbocycles. The lowest BCUT2D eigenvalue weighted by Crippen LogP contribution is -2.33. The van der Waals surface area contributed by atoms with Crippen molar-refractivity contribution in [2.24, 2.45) is 5.92 Å². The van der Waals surface area contributed by atoms with Gasteiger partial charge in [0.2, 0.25) is 0 Å². The number of aliphatic carboxylic acids is 2. The van der Waals surface area contributed by atoms with Crippen molar-refractivity contribution in [2.75, 3.05) is 14.1 Å². The monoisotopic (exact) mass is 229 g/mol. The molecule has 92 valence electrons. The van der Waals surface area contributed by atoms with Gasteiger partial charge in [-0.2, -0.15) is 0 Å². The van der Waals surface area contributed by atoms with Crippen molar-refractivity contribution in [1.29, 1.82) is 0 Å². The molecule has 0 aliphatic rings. The molecular weight excluding hydrogens is 210 g/mol. The van der Waals surface area contributed by atoms with E-state index in [4.69, 9.17) is 10.2 Å². The molecule has 0 saturated heterocycles. The summed E-state index contributed by atoms with van der Waals surface area (Å²) < 4.78 is 0. The third-order valence-corrected chi connectivity index (χ3v) is 2.52. The first-order valence-corrected chi connectivity index (χ1v) is 5.07. The van der Waals surface area contributed by atoms with Gasteiger partial charge in [-0.1, -0.05) is 13.8 Å². The highest BCUT2D eigenvalue weighted by Gasteiger charge is 2.27. The Labute approximate surface area is 95.4 Å². The molecule has 1 atom stereocenters. The molecule has 0 aromatic heterocycles. The number of carbonyl (C=O) groups is 2. The average molecular weight is 229 g/mol. The van der Waals surface area contributed by atoms with E-state index in [0.29, 0.717) is 0 Å². The average Bonchev–Trinajstić information content (AvgIpc) is 2.10. The van der Waals surface area contributed by atoms with E-state index in [1.54, 1.807) is 39.8 Å². The van der Waals surface area contributed by atoms with Crippen molar-refractivity contribution in [3.63, 3.8) is 0 Å². The summed E-state index contributed by atoms with van der Waals surface area (Å²) in [7, 11) is 3.43. The van der Waals surface area contributed by atoms with E-state index in [-0.39, 0.29) is 17.1 Å². The summed E-state index contributed by atoms with van der Waals surface area (Å²) in [6.07, 6.45) is 0. The molecule has 0 aliphatic heterocycles. The van der Waals surface area contributed by atoms with E-state index in [1.807, 2.05) is 0 Å². The van der Waals surface area contributed by atoms with Gasteiger partial charge in [-0.15, -0.1) is 0 Å². The lowest BCUT2D eigenvalue weighted by Gasteiger charge is -2.23. The first-order valence-electron chi connectivity index (χ1n) is 5.07. The lowest BCUT2D eigenvalue weighted by molar-refractivity contribution is -0.136. The quantitative estimate of drug-likeness (QED) is 0.689. The SMILES string of the molecule is CC(C)/C(C(=O)O)=C(\C(=O)O)C(C)N(C)C. The Hall–Kier alpha value is -1.36. The Morgan fingerprint density at radius 1 is 0.938 bits per heavy atom. The minimum absolute atomic E-state index is 0.0336. The molecule has 0 heterocycles. The van der Waals surface area contributed by atoms with E-state index < -0.39 is 18.0 Å². The Bertz CT molecular complexity index is 318. The largest absolute Gasteiger partial charge is 0.478 e. The third-order valence-electron chi connectivity index (χ3n) is 2.52. The summed E-state index contributed by atoms with van der Waals surface area (Å²) in [6, 6.07) is -0.439. The zero-order valence-electron chi connectivity index (χ0n) is 10.3. The van der Waals surface area contributed by atoms with Crippen LogP contribution in [0.2, 0.25) is 0 Å². The van der Waals surface area contributed by atoms with Gasteiger partial charge in [0.05, 0.1) is 11.1 Å². The summed E-state index contributed by atoms with van der Waals surface area (Å²) in [5, 5.41) is 18.2. The van der Waals surface area contributed by atoms with Gasteiger partial charge in [0.1, 0.15) is 0 Å². The molecule has 0 radical (unpaired) electrons. The number of likely N-dealkylation sites (N-methyl/N-ethyl adjacent to an activating group) is 1. The van der Waals surface area contributed by atoms with Crippen LogP contribution in [0, 0.1) is 5.92 Å². The highest BCUT2D eigenvalue weighted by atomic mass is 16.4. The van der Waals surface area contributed by atoms with Crippen LogP contribution in [0.5, 0.6) is 0 Å². The Kier molecular flexibility index (Phi) is 5.17. The second-order valence-corrected chi connectivity index (χ2v) is 4.23. The zero-order valence-corrected chi connectivity index (χ0v) is 10.3. The fourth-order valence-corrected chi connectivity index (χ4v) is 1.45. The van der Waals surface area contributed by atoms with Crippen LogP contribution >= 0.6 is 0 Å². The molecule has 2 N–H and O–H groups in total. The van der Waals surface area contributed by atoms with E-state index >= 15 is 0 Å². The van der Waals surface area contributed by atoms with Gasteiger partial charge in [-0.3, -0.25) is 0 Å². The Balaban J connectivity index is 5.69. The predicted molar refractivity (Wildman–Crippen MR) is 60.3 cm³/mol. The van der Waals surface area contributed by atoms with Crippen LogP contribution in [0.25, 0.3) is 0 Å². The minimum atomic E-state index is -1.17. The molecule has 0 aliphatic carbocycles. The molecule has 0 amide bonds. The van der Waals surface area contributed by atoms with Crippen LogP contribution < -0.4 is 0 Å². The van der Waals surface area contributed by atoms with Gasteiger partial charge in [0.25, 0.3) is 0 Å². The molecule has 5 heteroatoms. The smallest absolute Gasteiger partial charge is 0.333 e. The maximum absolute atomic E-state index is 11.1. The van der Waals surface area contributed by atoms with Crippen molar-refractivity contribution in [3.05, 3.63) is 11.1 Å². The van der Waals surface area contributed by atoms with Crippen LogP contribution in [0.15, 0.2) is 11.1 Å². The molecule has 1 unspecified atom stereocenters. The van der Waals surface area contributed by atoms with Crippen molar-refractivity contribution in [2.45, 2.75) is 26.8 Å². The standard InChI is InChI=1S/C11H19NO4/c1-6(2)8(10(13)14)9(11(15)16)7(3)12(4)5/h6-7H,1-5H3,(H,13,14)(H,15,16)/b9-8+. The normalized spacial score (nSPS) is 14.9. The molecule has 0 aromatic carbocycles. The molecule has 16 heavy (non-hydrogen) atoms. The number of rotatable bonds is 5. The molecule has 0 aromatic rings. The van der Waals surface area contributed by atoms with Crippen LogP contribution in [-0.4, -0.2) is 47.2 Å². The van der Waals surface area contributed by atoms with Crippen LogP contribution in [-0.2, 0) is 9.59 Å². The van der Waals surface area contributed by atoms with E-state index in [9.17, 15) is 9.59 Å². The van der Waals surface area contributed by atoms with Gasteiger partial charge < -0.3 is 15.1 Å². The Morgan fingerprint density at radius 2 is 1.31 bits per heavy atom. The number of hydrogen-bond acceptors (Lipinski definition) is 3. The third kappa shape index (κ3) is 3.34. The van der Waals surface area contributed by atoms with Gasteiger partial charge in [0, 0.05) is 6.04 Å². The summed E-state index contributed by atoms with van der Waals surface area (Å²) in [5.41, 5.74) is -0.0822. The predicted octanol–water partition coefficient (Wildman–Crippen LogP) is 1.06. The van der Waals surface area contributed by atoms with Crippen molar-refractivity contribution in [1.82, 2.24) is 4.90 Å². The first-order chi connectivity index (χ1) is 7.20. The molecular formula is C11H19NO4. The van der Waals surface area contributed by atoms with E-state index in [2.05, 4.69) is 0 Å². The molecule has 0 spiro atoms. The summed E-state index contributed by atoms with van der Waals surface area (Å²) >= 11 is 0. The second-order valence-electron chi connectivity index (χ2n) is 4.23. The maximum atomic E-state index is 11.1. The zero-order chi connectivity index (χ0) is 13.0. The number of carboxylic acid groups (broad SMARTS) is 2. The van der Waals surface area contributed by atoms with Gasteiger partial charge in [-0.05, 0) is 26.9 Å². The fraction of sp³-hybridized carbons (Fsp3) is 0.636. The fourth-order valence-electron chi connectivity index (χ4n) is 1.45. The number of hydrogen-bond donors (Lipinski definition) is 2. The lowest BCUT2D eigenvalue weighted by atomic mass is 9.93. The first kappa shape index (κ1) is 14.6.